The van der Waals surface area contributed by atoms with E-state index in [1.54, 1.807) is 0 Å². The second-order valence-corrected chi connectivity index (χ2v) is 2.88. The van der Waals surface area contributed by atoms with Crippen LogP contribution in [0.25, 0.3) is 0 Å². The molecule has 0 heterocycles. The van der Waals surface area contributed by atoms with E-state index < -0.39 is 0 Å². The highest BCUT2D eigenvalue weighted by atomic mass is 16.5. The third-order valence-electron chi connectivity index (χ3n) is 1.96. The first-order chi connectivity index (χ1) is 5.83. The van der Waals surface area contributed by atoms with E-state index in [1.807, 2.05) is 6.08 Å². The Balaban J connectivity index is 2.43. The highest BCUT2D eigenvalue weighted by Gasteiger charge is 2.00. The molecule has 0 aliphatic heterocycles. The Hall–Kier alpha value is -1.05. The lowest BCUT2D eigenvalue weighted by Gasteiger charge is -2.07. The van der Waals surface area contributed by atoms with Crippen molar-refractivity contribution in [1.29, 1.82) is 0 Å². The number of hydrogen-bond donors (Lipinski definition) is 0. The molecule has 0 saturated carbocycles. The van der Waals surface area contributed by atoms with E-state index in [9.17, 15) is 4.79 Å². The molecule has 0 fully saturated rings. The van der Waals surface area contributed by atoms with E-state index in [0.29, 0.717) is 0 Å². The summed E-state index contributed by atoms with van der Waals surface area (Å²) in [5, 5.41) is 0. The Morgan fingerprint density at radius 3 is 3.00 bits per heavy atom. The van der Waals surface area contributed by atoms with Crippen LogP contribution in [0.4, 0.5) is 0 Å². The van der Waals surface area contributed by atoms with Crippen LogP contribution in [0.3, 0.4) is 0 Å². The average molecular weight is 166 g/mol. The number of hydrogen-bond acceptors (Lipinski definition) is 2. The van der Waals surface area contributed by atoms with Crippen LogP contribution < -0.4 is 0 Å². The third-order valence-corrected chi connectivity index (χ3v) is 1.96. The van der Waals surface area contributed by atoms with Gasteiger partial charge in [-0.15, -0.1) is 0 Å². The molecule has 0 bridgehead atoms. The summed E-state index contributed by atoms with van der Waals surface area (Å²) in [6.45, 7) is 0. The van der Waals surface area contributed by atoms with Crippen LogP contribution in [0, 0.1) is 0 Å². The smallest absolute Gasteiger partial charge is 0.330 e. The van der Waals surface area contributed by atoms with E-state index in [-0.39, 0.29) is 5.97 Å². The van der Waals surface area contributed by atoms with Gasteiger partial charge in [-0.1, -0.05) is 17.7 Å². The lowest BCUT2D eigenvalue weighted by molar-refractivity contribution is -0.134. The zero-order valence-corrected chi connectivity index (χ0v) is 7.38. The Morgan fingerprint density at radius 2 is 2.42 bits per heavy atom. The Morgan fingerprint density at radius 1 is 1.58 bits per heavy atom. The van der Waals surface area contributed by atoms with Crippen molar-refractivity contribution in [2.45, 2.75) is 25.7 Å². The molecule has 66 valence electrons. The molecule has 0 aromatic heterocycles. The molecular formula is C10H14O2. The highest BCUT2D eigenvalue weighted by Crippen LogP contribution is 2.17. The largest absolute Gasteiger partial charge is 0.466 e. The lowest BCUT2D eigenvalue weighted by Crippen LogP contribution is -1.95. The van der Waals surface area contributed by atoms with Crippen molar-refractivity contribution in [1.82, 2.24) is 0 Å². The van der Waals surface area contributed by atoms with Crippen LogP contribution >= 0.6 is 0 Å². The van der Waals surface area contributed by atoms with Crippen molar-refractivity contribution in [3.63, 3.8) is 0 Å². The van der Waals surface area contributed by atoms with Crippen molar-refractivity contribution in [2.75, 3.05) is 7.11 Å². The molecule has 0 saturated heterocycles. The number of carbonyl (C=O) groups excluding carboxylic acids is 1. The quantitative estimate of drug-likeness (QED) is 0.464. The van der Waals surface area contributed by atoms with Crippen LogP contribution in [0.2, 0.25) is 0 Å². The first kappa shape index (κ1) is 9.04. The van der Waals surface area contributed by atoms with Gasteiger partial charge in [-0.25, -0.2) is 4.79 Å². The standard InChI is InChI=1S/C10H14O2/c1-12-10(11)8-7-9-5-3-2-4-6-9/h5,7-8H,2-4,6H2,1H3/b8-7-. The van der Waals surface area contributed by atoms with Gasteiger partial charge < -0.3 is 4.74 Å². The van der Waals surface area contributed by atoms with Crippen LogP contribution in [0.1, 0.15) is 25.7 Å². The summed E-state index contributed by atoms with van der Waals surface area (Å²) in [5.74, 6) is -0.276. The fourth-order valence-corrected chi connectivity index (χ4v) is 1.26. The zero-order chi connectivity index (χ0) is 8.81. The number of carbonyl (C=O) groups is 1. The molecule has 0 radical (unpaired) electrons. The molecule has 0 amide bonds. The second kappa shape index (κ2) is 4.75. The van der Waals surface area contributed by atoms with Gasteiger partial charge in [0, 0.05) is 6.08 Å². The molecule has 1 rings (SSSR count). The summed E-state index contributed by atoms with van der Waals surface area (Å²) in [6.07, 6.45) is 10.3. The minimum Gasteiger partial charge on any atom is -0.466 e. The predicted octanol–water partition coefficient (Wildman–Crippen LogP) is 2.22. The number of rotatable bonds is 2. The first-order valence-electron chi connectivity index (χ1n) is 4.28. The maximum atomic E-state index is 10.7. The molecule has 0 unspecified atom stereocenters. The van der Waals surface area contributed by atoms with Gasteiger partial charge >= 0.3 is 5.97 Å². The molecule has 2 nitrogen and oxygen atoms in total. The van der Waals surface area contributed by atoms with Gasteiger partial charge in [0.1, 0.15) is 0 Å². The number of methoxy groups -OCH3 is 1. The van der Waals surface area contributed by atoms with Crippen molar-refractivity contribution in [2.24, 2.45) is 0 Å². The minimum atomic E-state index is -0.276. The fourth-order valence-electron chi connectivity index (χ4n) is 1.26. The predicted molar refractivity (Wildman–Crippen MR) is 47.7 cm³/mol. The molecular weight excluding hydrogens is 152 g/mol. The average Bonchev–Trinajstić information content (AvgIpc) is 2.16. The van der Waals surface area contributed by atoms with Gasteiger partial charge in [0.2, 0.25) is 0 Å². The Bertz CT molecular complexity index is 214. The molecule has 0 N–H and O–H groups in total. The molecule has 0 aromatic rings. The molecule has 0 spiro atoms. The van der Waals surface area contributed by atoms with Gasteiger partial charge in [-0.05, 0) is 25.7 Å². The zero-order valence-electron chi connectivity index (χ0n) is 7.38. The van der Waals surface area contributed by atoms with Crippen molar-refractivity contribution in [3.05, 3.63) is 23.8 Å². The second-order valence-electron chi connectivity index (χ2n) is 2.88. The summed E-state index contributed by atoms with van der Waals surface area (Å²) in [5.41, 5.74) is 1.26. The molecule has 12 heavy (non-hydrogen) atoms. The summed E-state index contributed by atoms with van der Waals surface area (Å²) < 4.78 is 4.49. The summed E-state index contributed by atoms with van der Waals surface area (Å²) in [6, 6.07) is 0. The lowest BCUT2D eigenvalue weighted by atomic mass is 9.99. The van der Waals surface area contributed by atoms with Crippen LogP contribution in [-0.2, 0) is 9.53 Å². The maximum absolute atomic E-state index is 10.7. The summed E-state index contributed by atoms with van der Waals surface area (Å²) in [7, 11) is 1.39. The van der Waals surface area contributed by atoms with Crippen molar-refractivity contribution >= 4 is 5.97 Å². The van der Waals surface area contributed by atoms with Crippen molar-refractivity contribution < 1.29 is 9.53 Å². The fraction of sp³-hybridized carbons (Fsp3) is 0.500. The van der Waals surface area contributed by atoms with E-state index in [0.717, 1.165) is 12.8 Å². The van der Waals surface area contributed by atoms with E-state index in [1.165, 1.54) is 31.6 Å². The molecule has 1 aliphatic rings. The Kier molecular flexibility index (Phi) is 3.58. The number of esters is 1. The van der Waals surface area contributed by atoms with Crippen LogP contribution in [0.15, 0.2) is 23.8 Å². The normalized spacial score (nSPS) is 17.6. The summed E-state index contributed by atoms with van der Waals surface area (Å²) >= 11 is 0. The molecule has 1 aliphatic carbocycles. The van der Waals surface area contributed by atoms with Crippen molar-refractivity contribution in [3.8, 4) is 0 Å². The maximum Gasteiger partial charge on any atom is 0.330 e. The number of allylic oxidation sites excluding steroid dienone is 3. The Labute approximate surface area is 72.9 Å². The van der Waals surface area contributed by atoms with Crippen LogP contribution in [0.5, 0.6) is 0 Å². The van der Waals surface area contributed by atoms with Gasteiger partial charge in [-0.2, -0.15) is 0 Å². The van der Waals surface area contributed by atoms with Gasteiger partial charge in [0.15, 0.2) is 0 Å². The first-order valence-corrected chi connectivity index (χ1v) is 4.28. The molecule has 0 aromatic carbocycles. The van der Waals surface area contributed by atoms with Crippen LogP contribution in [-0.4, -0.2) is 13.1 Å². The van der Waals surface area contributed by atoms with E-state index in [4.69, 9.17) is 0 Å². The molecule has 0 atom stereocenters. The van der Waals surface area contributed by atoms with E-state index >= 15 is 0 Å². The van der Waals surface area contributed by atoms with Gasteiger partial charge in [-0.3, -0.25) is 0 Å². The van der Waals surface area contributed by atoms with Gasteiger partial charge in [0.25, 0.3) is 0 Å². The highest BCUT2D eigenvalue weighted by molar-refractivity contribution is 5.82. The monoisotopic (exact) mass is 166 g/mol. The topological polar surface area (TPSA) is 26.3 Å². The molecule has 2 heteroatoms. The third kappa shape index (κ3) is 2.91. The van der Waals surface area contributed by atoms with E-state index in [2.05, 4.69) is 10.8 Å². The minimum absolute atomic E-state index is 0.276. The van der Waals surface area contributed by atoms with Gasteiger partial charge in [0.05, 0.1) is 7.11 Å². The summed E-state index contributed by atoms with van der Waals surface area (Å²) in [4.78, 5) is 10.7. The number of ether oxygens (including phenoxy) is 1. The SMILES string of the molecule is COC(=O)/C=C\C1=CCCCC1.